The van der Waals surface area contributed by atoms with Crippen LogP contribution in [0.3, 0.4) is 0 Å². The summed E-state index contributed by atoms with van der Waals surface area (Å²) in [7, 11) is 1.09. The molecule has 7 nitrogen and oxygen atoms in total. The van der Waals surface area contributed by atoms with Crippen molar-refractivity contribution >= 4 is 34.3 Å². The van der Waals surface area contributed by atoms with Gasteiger partial charge in [0, 0.05) is 17.1 Å². The highest BCUT2D eigenvalue weighted by Crippen LogP contribution is 2.13. The smallest absolute Gasteiger partial charge is 0.382 e. The van der Waals surface area contributed by atoms with Crippen LogP contribution >= 0.6 is 11.5 Å². The number of methoxy groups -OCH3 is 1. The number of Topliss-reactive ketones (excluding diaryl/α,β-unsaturated/α-hetero) is 1. The Morgan fingerprint density at radius 1 is 1.20 bits per heavy atom. The van der Waals surface area contributed by atoms with Crippen molar-refractivity contribution in [2.75, 3.05) is 12.4 Å². The van der Waals surface area contributed by atoms with Crippen LogP contribution in [0.15, 0.2) is 30.3 Å². The molecule has 2 rings (SSSR count). The second-order valence-corrected chi connectivity index (χ2v) is 4.32. The summed E-state index contributed by atoms with van der Waals surface area (Å²) in [5.74, 6) is -2.68. The Balaban J connectivity index is 2.09. The number of ether oxygens (including phenoxy) is 1. The van der Waals surface area contributed by atoms with E-state index in [1.165, 1.54) is 0 Å². The summed E-state index contributed by atoms with van der Waals surface area (Å²) in [6.45, 7) is 0. The molecular formula is C12H9N3O4S. The molecule has 20 heavy (non-hydrogen) atoms. The summed E-state index contributed by atoms with van der Waals surface area (Å²) in [6, 6.07) is 8.51. The Morgan fingerprint density at radius 2 is 1.90 bits per heavy atom. The maximum Gasteiger partial charge on any atom is 0.382 e. The van der Waals surface area contributed by atoms with E-state index in [0.29, 0.717) is 5.56 Å². The molecule has 0 saturated heterocycles. The number of esters is 1. The highest BCUT2D eigenvalue weighted by Gasteiger charge is 2.22. The first-order valence-corrected chi connectivity index (χ1v) is 6.22. The van der Waals surface area contributed by atoms with Crippen molar-refractivity contribution in [2.45, 2.75) is 0 Å². The van der Waals surface area contributed by atoms with Crippen molar-refractivity contribution in [1.29, 1.82) is 0 Å². The third kappa shape index (κ3) is 3.04. The van der Waals surface area contributed by atoms with E-state index in [0.717, 1.165) is 18.6 Å². The zero-order valence-electron chi connectivity index (χ0n) is 10.3. The van der Waals surface area contributed by atoms with Crippen LogP contribution < -0.4 is 5.32 Å². The predicted molar refractivity (Wildman–Crippen MR) is 70.7 cm³/mol. The minimum Gasteiger partial charge on any atom is -0.463 e. The van der Waals surface area contributed by atoms with Gasteiger partial charge in [-0.3, -0.25) is 14.9 Å². The van der Waals surface area contributed by atoms with Crippen LogP contribution in [0.5, 0.6) is 0 Å². The highest BCUT2D eigenvalue weighted by molar-refractivity contribution is 7.10. The molecule has 0 bridgehead atoms. The molecular weight excluding hydrogens is 282 g/mol. The second-order valence-electron chi connectivity index (χ2n) is 3.56. The van der Waals surface area contributed by atoms with E-state index < -0.39 is 11.8 Å². The molecule has 0 spiro atoms. The number of ketones is 1. The number of amides is 1. The molecule has 0 aliphatic heterocycles. The quantitative estimate of drug-likeness (QED) is 0.515. The standard InChI is InChI=1S/C12H9N3O4S/c1-19-11(18)8(16)9-13-12(20-15-9)14-10(17)7-5-3-2-4-6-7/h2-6H,1H3,(H,13,14,15,17). The normalized spacial score (nSPS) is 9.85. The van der Waals surface area contributed by atoms with Gasteiger partial charge in [-0.2, -0.15) is 9.36 Å². The van der Waals surface area contributed by atoms with Gasteiger partial charge in [0.15, 0.2) is 0 Å². The van der Waals surface area contributed by atoms with Gasteiger partial charge in [0.1, 0.15) is 0 Å². The zero-order chi connectivity index (χ0) is 14.5. The third-order valence-corrected chi connectivity index (χ3v) is 2.89. The maximum atomic E-state index is 11.8. The number of nitrogens with one attached hydrogen (secondary N) is 1. The Bertz CT molecular complexity index is 654. The first-order chi connectivity index (χ1) is 9.61. The highest BCUT2D eigenvalue weighted by atomic mass is 32.1. The van der Waals surface area contributed by atoms with Gasteiger partial charge >= 0.3 is 11.8 Å². The largest absolute Gasteiger partial charge is 0.463 e. The van der Waals surface area contributed by atoms with Crippen LogP contribution in [-0.2, 0) is 9.53 Å². The second kappa shape index (κ2) is 6.02. The average molecular weight is 291 g/mol. The molecule has 0 aliphatic rings. The summed E-state index contributed by atoms with van der Waals surface area (Å²) in [5.41, 5.74) is 0.448. The van der Waals surface area contributed by atoms with Gasteiger partial charge < -0.3 is 4.74 Å². The fourth-order valence-corrected chi connectivity index (χ4v) is 1.87. The van der Waals surface area contributed by atoms with Crippen molar-refractivity contribution in [1.82, 2.24) is 9.36 Å². The van der Waals surface area contributed by atoms with Gasteiger partial charge in [-0.25, -0.2) is 4.79 Å². The number of nitrogens with zero attached hydrogens (tertiary/aromatic N) is 2. The molecule has 0 saturated carbocycles. The topological polar surface area (TPSA) is 98.3 Å². The first-order valence-electron chi connectivity index (χ1n) is 5.44. The summed E-state index contributed by atoms with van der Waals surface area (Å²) in [5, 5.41) is 2.62. The lowest BCUT2D eigenvalue weighted by molar-refractivity contribution is -0.135. The molecule has 0 atom stereocenters. The lowest BCUT2D eigenvalue weighted by Gasteiger charge is -1.99. The number of carbonyl (C=O) groups is 3. The predicted octanol–water partition coefficient (Wildman–Crippen LogP) is 1.15. The van der Waals surface area contributed by atoms with Gasteiger partial charge in [0.25, 0.3) is 5.91 Å². The molecule has 0 aliphatic carbocycles. The van der Waals surface area contributed by atoms with Crippen molar-refractivity contribution in [3.8, 4) is 0 Å². The van der Waals surface area contributed by atoms with Crippen LogP contribution in [0.2, 0.25) is 0 Å². The molecule has 0 unspecified atom stereocenters. The van der Waals surface area contributed by atoms with E-state index in [4.69, 9.17) is 0 Å². The zero-order valence-corrected chi connectivity index (χ0v) is 11.1. The number of anilines is 1. The number of rotatable bonds is 4. The maximum absolute atomic E-state index is 11.8. The van der Waals surface area contributed by atoms with Crippen LogP contribution in [0.1, 0.15) is 21.0 Å². The Kier molecular flexibility index (Phi) is 4.16. The summed E-state index contributed by atoms with van der Waals surface area (Å²) in [6.07, 6.45) is 0. The van der Waals surface area contributed by atoms with Gasteiger partial charge in [0.05, 0.1) is 7.11 Å². The van der Waals surface area contributed by atoms with Crippen LogP contribution in [0.4, 0.5) is 5.13 Å². The van der Waals surface area contributed by atoms with Crippen LogP contribution in [-0.4, -0.2) is 34.1 Å². The van der Waals surface area contributed by atoms with Gasteiger partial charge in [0.2, 0.25) is 11.0 Å². The molecule has 2 aromatic rings. The van der Waals surface area contributed by atoms with Gasteiger partial charge in [-0.05, 0) is 12.1 Å². The van der Waals surface area contributed by atoms with Crippen LogP contribution in [0.25, 0.3) is 0 Å². The van der Waals surface area contributed by atoms with Crippen molar-refractivity contribution in [3.05, 3.63) is 41.7 Å². The van der Waals surface area contributed by atoms with Crippen molar-refractivity contribution in [2.24, 2.45) is 0 Å². The average Bonchev–Trinajstić information content (AvgIpc) is 2.95. The molecule has 1 N–H and O–H groups in total. The Labute approximate surface area is 117 Å². The fraction of sp³-hybridized carbons (Fsp3) is 0.0833. The molecule has 102 valence electrons. The minimum absolute atomic E-state index is 0.131. The molecule has 1 aromatic carbocycles. The molecule has 0 radical (unpaired) electrons. The number of aromatic nitrogens is 2. The summed E-state index contributed by atoms with van der Waals surface area (Å²) in [4.78, 5) is 38.1. The third-order valence-electron chi connectivity index (χ3n) is 2.26. The van der Waals surface area contributed by atoms with Gasteiger partial charge in [-0.1, -0.05) is 18.2 Å². The summed E-state index contributed by atoms with van der Waals surface area (Å²) < 4.78 is 7.97. The molecule has 8 heteroatoms. The van der Waals surface area contributed by atoms with Crippen molar-refractivity contribution < 1.29 is 19.1 Å². The monoisotopic (exact) mass is 291 g/mol. The Hall–Kier alpha value is -2.61. The molecule has 1 heterocycles. The number of hydrogen-bond donors (Lipinski definition) is 1. The van der Waals surface area contributed by atoms with Gasteiger partial charge in [-0.15, -0.1) is 0 Å². The lowest BCUT2D eigenvalue weighted by Crippen LogP contribution is -2.17. The van der Waals surface area contributed by atoms with E-state index >= 15 is 0 Å². The minimum atomic E-state index is -1.05. The van der Waals surface area contributed by atoms with Crippen molar-refractivity contribution in [3.63, 3.8) is 0 Å². The molecule has 1 aromatic heterocycles. The SMILES string of the molecule is COC(=O)C(=O)c1nsc(NC(=O)c2ccccc2)n1. The Morgan fingerprint density at radius 3 is 2.55 bits per heavy atom. The lowest BCUT2D eigenvalue weighted by atomic mass is 10.2. The number of benzene rings is 1. The molecule has 0 fully saturated rings. The number of hydrogen-bond acceptors (Lipinski definition) is 7. The van der Waals surface area contributed by atoms with Crippen LogP contribution in [0, 0.1) is 0 Å². The van der Waals surface area contributed by atoms with E-state index in [1.807, 2.05) is 0 Å². The fourth-order valence-electron chi connectivity index (χ4n) is 1.31. The molecule has 1 amide bonds. The van der Waals surface area contributed by atoms with E-state index in [-0.39, 0.29) is 16.9 Å². The number of carbonyl (C=O) groups excluding carboxylic acids is 3. The summed E-state index contributed by atoms with van der Waals surface area (Å²) >= 11 is 0.807. The first kappa shape index (κ1) is 13.8. The van der Waals surface area contributed by atoms with E-state index in [1.54, 1.807) is 30.3 Å². The van der Waals surface area contributed by atoms with E-state index in [2.05, 4.69) is 19.4 Å². The van der Waals surface area contributed by atoms with E-state index in [9.17, 15) is 14.4 Å².